The number of carbonyl (C=O) groups is 1. The van der Waals surface area contributed by atoms with Crippen molar-refractivity contribution in [2.45, 2.75) is 65.3 Å². The van der Waals surface area contributed by atoms with Crippen LogP contribution in [0.2, 0.25) is 5.02 Å². The Bertz CT molecular complexity index is 1500. The van der Waals surface area contributed by atoms with Gasteiger partial charge in [0, 0.05) is 24.6 Å². The average Bonchev–Trinajstić information content (AvgIpc) is 3.35. The molecule has 4 rings (SSSR count). The predicted octanol–water partition coefficient (Wildman–Crippen LogP) is 7.22. The zero-order chi connectivity index (χ0) is 30.1. The van der Waals surface area contributed by atoms with Gasteiger partial charge in [0.15, 0.2) is 11.5 Å². The summed E-state index contributed by atoms with van der Waals surface area (Å²) >= 11 is 6.57. The van der Waals surface area contributed by atoms with E-state index in [2.05, 4.69) is 41.8 Å². The first-order valence-corrected chi connectivity index (χ1v) is 15.0. The standard InChI is InChI=1S/C34H42ClN3O4/c1-6-7-10-24-13-15-29(40-3)26(20-24)21-28-27(37-31-11-8-9-18-38(28)31)22-36-32(39)17-12-23(2)19-25-14-16-30(41-4)34(42-5)33(25)35/h8-9,11,13-16,18,20,23H,6-7,10,12,17,19,21-22H2,1-5H3,(H,36,39). The number of pyridine rings is 1. The number of unbranched alkanes of at least 4 members (excludes halogenated alkanes) is 1. The first-order chi connectivity index (χ1) is 20.4. The quantitative estimate of drug-likeness (QED) is 0.158. The fourth-order valence-corrected chi connectivity index (χ4v) is 5.63. The highest BCUT2D eigenvalue weighted by Gasteiger charge is 2.18. The van der Waals surface area contributed by atoms with Gasteiger partial charge in [0.25, 0.3) is 0 Å². The molecule has 0 aliphatic rings. The number of fused-ring (bicyclic) bond motifs is 1. The van der Waals surface area contributed by atoms with Gasteiger partial charge in [-0.25, -0.2) is 4.98 Å². The minimum absolute atomic E-state index is 0.00223. The van der Waals surface area contributed by atoms with Gasteiger partial charge in [-0.2, -0.15) is 0 Å². The fourth-order valence-electron chi connectivity index (χ4n) is 5.32. The largest absolute Gasteiger partial charge is 0.496 e. The highest BCUT2D eigenvalue weighted by Crippen LogP contribution is 2.38. The van der Waals surface area contributed by atoms with Crippen LogP contribution in [-0.2, 0) is 30.6 Å². The van der Waals surface area contributed by atoms with Crippen molar-refractivity contribution in [3.05, 3.63) is 87.8 Å². The number of amides is 1. The van der Waals surface area contributed by atoms with Crippen LogP contribution in [0.3, 0.4) is 0 Å². The van der Waals surface area contributed by atoms with Crippen LogP contribution < -0.4 is 19.5 Å². The van der Waals surface area contributed by atoms with Crippen LogP contribution in [0.25, 0.3) is 5.65 Å². The van der Waals surface area contributed by atoms with Crippen molar-refractivity contribution in [3.8, 4) is 17.2 Å². The minimum atomic E-state index is 0.00223. The Morgan fingerprint density at radius 3 is 2.55 bits per heavy atom. The monoisotopic (exact) mass is 591 g/mol. The number of hydrogen-bond acceptors (Lipinski definition) is 5. The molecule has 1 amide bonds. The maximum atomic E-state index is 12.9. The Balaban J connectivity index is 1.42. The third-order valence-corrected chi connectivity index (χ3v) is 8.10. The van der Waals surface area contributed by atoms with E-state index in [4.69, 9.17) is 30.8 Å². The van der Waals surface area contributed by atoms with Crippen molar-refractivity contribution in [3.63, 3.8) is 0 Å². The lowest BCUT2D eigenvalue weighted by Gasteiger charge is -2.16. The Hall–Kier alpha value is -3.71. The van der Waals surface area contributed by atoms with E-state index in [1.807, 2.05) is 36.5 Å². The SMILES string of the molecule is CCCCc1ccc(OC)c(Cc2c(CNC(=O)CCC(C)Cc3ccc(OC)c(OC)c3Cl)nc3ccccn23)c1. The molecular weight excluding hydrogens is 550 g/mol. The Kier molecular flexibility index (Phi) is 11.1. The van der Waals surface area contributed by atoms with Crippen molar-refractivity contribution >= 4 is 23.2 Å². The van der Waals surface area contributed by atoms with Gasteiger partial charge in [-0.3, -0.25) is 4.79 Å². The second kappa shape index (κ2) is 15.0. The number of imidazole rings is 1. The number of carbonyl (C=O) groups excluding carboxylic acids is 1. The number of rotatable bonds is 15. The van der Waals surface area contributed by atoms with Crippen molar-refractivity contribution in [2.24, 2.45) is 5.92 Å². The van der Waals surface area contributed by atoms with Crippen LogP contribution in [0.1, 0.15) is 67.6 Å². The summed E-state index contributed by atoms with van der Waals surface area (Å²) in [5, 5.41) is 3.66. The summed E-state index contributed by atoms with van der Waals surface area (Å²) in [4.78, 5) is 17.8. The van der Waals surface area contributed by atoms with Crippen molar-refractivity contribution in [1.29, 1.82) is 0 Å². The van der Waals surface area contributed by atoms with Crippen molar-refractivity contribution < 1.29 is 19.0 Å². The molecule has 0 saturated carbocycles. The van der Waals surface area contributed by atoms with E-state index < -0.39 is 0 Å². The molecule has 224 valence electrons. The number of aryl methyl sites for hydroxylation is 1. The summed E-state index contributed by atoms with van der Waals surface area (Å²) in [6.07, 6.45) is 7.92. The normalized spacial score (nSPS) is 11.9. The molecular formula is C34H42ClN3O4. The molecule has 8 heteroatoms. The van der Waals surface area contributed by atoms with Gasteiger partial charge in [0.05, 0.1) is 44.3 Å². The number of methoxy groups -OCH3 is 3. The number of halogens is 1. The molecule has 0 radical (unpaired) electrons. The second-order valence-electron chi connectivity index (χ2n) is 10.8. The molecule has 0 spiro atoms. The minimum Gasteiger partial charge on any atom is -0.496 e. The van der Waals surface area contributed by atoms with Gasteiger partial charge in [-0.05, 0) is 67.0 Å². The third-order valence-electron chi connectivity index (χ3n) is 7.68. The molecule has 1 N–H and O–H groups in total. The van der Waals surface area contributed by atoms with E-state index in [0.29, 0.717) is 35.9 Å². The van der Waals surface area contributed by atoms with Crippen LogP contribution in [0.5, 0.6) is 17.2 Å². The number of benzene rings is 2. The van der Waals surface area contributed by atoms with Crippen LogP contribution in [0.4, 0.5) is 0 Å². The van der Waals surface area contributed by atoms with Crippen molar-refractivity contribution in [1.82, 2.24) is 14.7 Å². The average molecular weight is 592 g/mol. The lowest BCUT2D eigenvalue weighted by molar-refractivity contribution is -0.121. The molecule has 4 aromatic rings. The zero-order valence-corrected chi connectivity index (χ0v) is 26.1. The number of aromatic nitrogens is 2. The summed E-state index contributed by atoms with van der Waals surface area (Å²) in [5.74, 6) is 2.26. The molecule has 1 unspecified atom stereocenters. The molecule has 2 aromatic heterocycles. The zero-order valence-electron chi connectivity index (χ0n) is 25.3. The van der Waals surface area contributed by atoms with E-state index in [9.17, 15) is 4.79 Å². The topological polar surface area (TPSA) is 74.1 Å². The summed E-state index contributed by atoms with van der Waals surface area (Å²) in [6.45, 7) is 4.70. The molecule has 42 heavy (non-hydrogen) atoms. The highest BCUT2D eigenvalue weighted by atomic mass is 35.5. The van der Waals surface area contributed by atoms with Gasteiger partial charge in [0.2, 0.25) is 5.91 Å². The molecule has 2 heterocycles. The lowest BCUT2D eigenvalue weighted by Crippen LogP contribution is -2.24. The molecule has 0 aliphatic heterocycles. The number of nitrogens with zero attached hydrogens (tertiary/aromatic N) is 2. The van der Waals surface area contributed by atoms with Gasteiger partial charge < -0.3 is 23.9 Å². The molecule has 0 aliphatic carbocycles. The predicted molar refractivity (Wildman–Crippen MR) is 168 cm³/mol. The summed E-state index contributed by atoms with van der Waals surface area (Å²) in [6, 6.07) is 16.2. The molecule has 0 saturated heterocycles. The highest BCUT2D eigenvalue weighted by molar-refractivity contribution is 6.33. The first-order valence-electron chi connectivity index (χ1n) is 14.6. The number of hydrogen-bond donors (Lipinski definition) is 1. The van der Waals surface area contributed by atoms with Gasteiger partial charge in [-0.15, -0.1) is 0 Å². The summed E-state index contributed by atoms with van der Waals surface area (Å²) in [7, 11) is 4.88. The fraction of sp³-hybridized carbons (Fsp3) is 0.412. The summed E-state index contributed by atoms with van der Waals surface area (Å²) in [5.41, 5.74) is 6.17. The maximum absolute atomic E-state index is 12.9. The number of nitrogens with one attached hydrogen (secondary N) is 1. The first kappa shape index (κ1) is 31.2. The third kappa shape index (κ3) is 7.57. The van der Waals surface area contributed by atoms with E-state index in [1.165, 1.54) is 5.56 Å². The van der Waals surface area contributed by atoms with Crippen molar-refractivity contribution in [2.75, 3.05) is 21.3 Å². The van der Waals surface area contributed by atoms with E-state index in [-0.39, 0.29) is 11.8 Å². The molecule has 0 bridgehead atoms. The Morgan fingerprint density at radius 2 is 1.81 bits per heavy atom. The van der Waals surface area contributed by atoms with E-state index in [1.54, 1.807) is 21.3 Å². The lowest BCUT2D eigenvalue weighted by atomic mass is 9.96. The van der Waals surface area contributed by atoms with E-state index >= 15 is 0 Å². The molecule has 2 aromatic carbocycles. The van der Waals surface area contributed by atoms with Crippen LogP contribution in [0.15, 0.2) is 54.7 Å². The van der Waals surface area contributed by atoms with Crippen LogP contribution in [0, 0.1) is 5.92 Å². The smallest absolute Gasteiger partial charge is 0.220 e. The maximum Gasteiger partial charge on any atom is 0.220 e. The molecule has 7 nitrogen and oxygen atoms in total. The number of ether oxygens (including phenoxy) is 3. The Morgan fingerprint density at radius 1 is 1.02 bits per heavy atom. The van der Waals surface area contributed by atoms with Gasteiger partial charge >= 0.3 is 0 Å². The van der Waals surface area contributed by atoms with E-state index in [0.717, 1.165) is 66.0 Å². The van der Waals surface area contributed by atoms with Gasteiger partial charge in [-0.1, -0.05) is 56.1 Å². The molecule has 0 fully saturated rings. The van der Waals surface area contributed by atoms with Gasteiger partial charge in [0.1, 0.15) is 11.4 Å². The molecule has 1 atom stereocenters. The second-order valence-corrected chi connectivity index (χ2v) is 11.1. The summed E-state index contributed by atoms with van der Waals surface area (Å²) < 4.78 is 18.6. The van der Waals surface area contributed by atoms with Crippen LogP contribution in [-0.4, -0.2) is 36.6 Å². The van der Waals surface area contributed by atoms with Crippen LogP contribution >= 0.6 is 11.6 Å². The Labute approximate surface area is 254 Å².